The zero-order valence-corrected chi connectivity index (χ0v) is 7.99. The van der Waals surface area contributed by atoms with E-state index in [-0.39, 0.29) is 0 Å². The molecule has 2 nitrogen and oxygen atoms in total. The Kier molecular flexibility index (Phi) is 6.42. The first kappa shape index (κ1) is 11.6. The van der Waals surface area contributed by atoms with Crippen molar-refractivity contribution in [3.05, 3.63) is 35.4 Å². The summed E-state index contributed by atoms with van der Waals surface area (Å²) in [6.07, 6.45) is 1.87. The maximum atomic E-state index is 10.4. The molecule has 0 atom stereocenters. The number of aldehydes is 2. The molecule has 1 aromatic rings. The number of carbonyl (C=O) groups excluding carboxylic acids is 2. The molecule has 0 bridgehead atoms. The maximum Gasteiger partial charge on any atom is 0.150 e. The van der Waals surface area contributed by atoms with Crippen LogP contribution < -0.4 is 0 Å². The van der Waals surface area contributed by atoms with Crippen LogP contribution in [0.5, 0.6) is 0 Å². The molecule has 0 aliphatic carbocycles. The standard InChI is InChI=1S/C9H8O2.C2H6/c10-6-5-8-3-1-2-4-9(8)7-11;1-2/h1-4,6-7H,5H2;1-2H3. The van der Waals surface area contributed by atoms with Gasteiger partial charge in [-0.05, 0) is 5.56 Å². The molecule has 0 N–H and O–H groups in total. The topological polar surface area (TPSA) is 34.1 Å². The molecule has 0 saturated carbocycles. The minimum absolute atomic E-state index is 0.314. The first-order valence-corrected chi connectivity index (χ1v) is 4.35. The van der Waals surface area contributed by atoms with E-state index in [1.54, 1.807) is 18.2 Å². The van der Waals surface area contributed by atoms with Gasteiger partial charge in [-0.1, -0.05) is 38.1 Å². The molecule has 1 rings (SSSR count). The summed E-state index contributed by atoms with van der Waals surface area (Å²) in [5.41, 5.74) is 1.39. The highest BCUT2D eigenvalue weighted by molar-refractivity contribution is 5.78. The van der Waals surface area contributed by atoms with Crippen molar-refractivity contribution in [3.8, 4) is 0 Å². The Morgan fingerprint density at radius 3 is 2.31 bits per heavy atom. The molecule has 1 aromatic carbocycles. The summed E-state index contributed by atoms with van der Waals surface area (Å²) in [6, 6.07) is 7.06. The average Bonchev–Trinajstić information content (AvgIpc) is 2.22. The quantitative estimate of drug-likeness (QED) is 0.665. The Morgan fingerprint density at radius 2 is 1.77 bits per heavy atom. The van der Waals surface area contributed by atoms with Crippen LogP contribution in [0.2, 0.25) is 0 Å². The summed E-state index contributed by atoms with van der Waals surface area (Å²) in [5.74, 6) is 0. The second-order valence-corrected chi connectivity index (χ2v) is 2.19. The van der Waals surface area contributed by atoms with E-state index in [9.17, 15) is 9.59 Å². The van der Waals surface area contributed by atoms with Gasteiger partial charge in [-0.2, -0.15) is 0 Å². The van der Waals surface area contributed by atoms with Crippen LogP contribution in [0.15, 0.2) is 24.3 Å². The summed E-state index contributed by atoms with van der Waals surface area (Å²) in [4.78, 5) is 20.5. The van der Waals surface area contributed by atoms with E-state index in [1.807, 2.05) is 19.9 Å². The van der Waals surface area contributed by atoms with Gasteiger partial charge in [0.05, 0.1) is 0 Å². The summed E-state index contributed by atoms with van der Waals surface area (Å²) >= 11 is 0. The smallest absolute Gasteiger partial charge is 0.150 e. The van der Waals surface area contributed by atoms with Gasteiger partial charge < -0.3 is 4.79 Å². The van der Waals surface area contributed by atoms with E-state index in [1.165, 1.54) is 0 Å². The minimum Gasteiger partial charge on any atom is -0.303 e. The van der Waals surface area contributed by atoms with Crippen LogP contribution in [0.4, 0.5) is 0 Å². The Hall–Kier alpha value is -1.44. The normalized spacial score (nSPS) is 8.15. The number of rotatable bonds is 3. The molecule has 0 aliphatic rings. The highest BCUT2D eigenvalue weighted by Gasteiger charge is 1.97. The molecule has 0 spiro atoms. The fourth-order valence-electron chi connectivity index (χ4n) is 0.925. The molecule has 0 fully saturated rings. The van der Waals surface area contributed by atoms with Crippen LogP contribution in [0.25, 0.3) is 0 Å². The fraction of sp³-hybridized carbons (Fsp3) is 0.273. The second kappa shape index (κ2) is 7.22. The van der Waals surface area contributed by atoms with Gasteiger partial charge in [-0.15, -0.1) is 0 Å². The van der Waals surface area contributed by atoms with E-state index < -0.39 is 0 Å². The van der Waals surface area contributed by atoms with Crippen molar-refractivity contribution in [2.45, 2.75) is 20.3 Å². The van der Waals surface area contributed by atoms with Crippen molar-refractivity contribution in [1.82, 2.24) is 0 Å². The molecular formula is C11H14O2. The van der Waals surface area contributed by atoms with Gasteiger partial charge in [-0.25, -0.2) is 0 Å². The van der Waals surface area contributed by atoms with Crippen molar-refractivity contribution in [2.24, 2.45) is 0 Å². The number of carbonyl (C=O) groups is 2. The summed E-state index contributed by atoms with van der Waals surface area (Å²) in [6.45, 7) is 4.00. The van der Waals surface area contributed by atoms with Crippen molar-refractivity contribution in [3.63, 3.8) is 0 Å². The summed E-state index contributed by atoms with van der Waals surface area (Å²) in [7, 11) is 0. The second-order valence-electron chi connectivity index (χ2n) is 2.19. The van der Waals surface area contributed by atoms with Gasteiger partial charge in [0.15, 0.2) is 0 Å². The molecule has 0 aromatic heterocycles. The van der Waals surface area contributed by atoms with Crippen LogP contribution in [-0.4, -0.2) is 12.6 Å². The van der Waals surface area contributed by atoms with Crippen LogP contribution >= 0.6 is 0 Å². The van der Waals surface area contributed by atoms with E-state index in [4.69, 9.17) is 0 Å². The lowest BCUT2D eigenvalue weighted by Crippen LogP contribution is -1.92. The van der Waals surface area contributed by atoms with Crippen LogP contribution in [0.3, 0.4) is 0 Å². The number of benzene rings is 1. The van der Waals surface area contributed by atoms with Gasteiger partial charge in [-0.3, -0.25) is 4.79 Å². The number of hydrogen-bond donors (Lipinski definition) is 0. The molecule has 13 heavy (non-hydrogen) atoms. The minimum atomic E-state index is 0.314. The Balaban J connectivity index is 0.000000671. The third-order valence-corrected chi connectivity index (χ3v) is 1.49. The molecule has 70 valence electrons. The Bertz CT molecular complexity index is 267. The highest BCUT2D eigenvalue weighted by Crippen LogP contribution is 2.04. The van der Waals surface area contributed by atoms with E-state index in [0.29, 0.717) is 12.0 Å². The third kappa shape index (κ3) is 3.65. The van der Waals surface area contributed by atoms with Crippen molar-refractivity contribution < 1.29 is 9.59 Å². The molecule has 0 saturated heterocycles. The zero-order chi connectivity index (χ0) is 10.1. The van der Waals surface area contributed by atoms with Gasteiger partial charge in [0, 0.05) is 12.0 Å². The largest absolute Gasteiger partial charge is 0.303 e. The fourth-order valence-corrected chi connectivity index (χ4v) is 0.925. The first-order valence-electron chi connectivity index (χ1n) is 4.35. The monoisotopic (exact) mass is 178 g/mol. The predicted octanol–water partition coefficient (Wildman–Crippen LogP) is 2.27. The van der Waals surface area contributed by atoms with E-state index in [0.717, 1.165) is 18.1 Å². The molecule has 0 heterocycles. The lowest BCUT2D eigenvalue weighted by atomic mass is 10.1. The summed E-state index contributed by atoms with van der Waals surface area (Å²) in [5, 5.41) is 0. The molecule has 0 aliphatic heterocycles. The Labute approximate surface area is 78.6 Å². The number of hydrogen-bond acceptors (Lipinski definition) is 2. The maximum absolute atomic E-state index is 10.4. The lowest BCUT2D eigenvalue weighted by molar-refractivity contribution is -0.107. The van der Waals surface area contributed by atoms with Crippen LogP contribution in [0.1, 0.15) is 29.8 Å². The highest BCUT2D eigenvalue weighted by atomic mass is 16.1. The first-order chi connectivity index (χ1) is 6.38. The van der Waals surface area contributed by atoms with Crippen molar-refractivity contribution >= 4 is 12.6 Å². The van der Waals surface area contributed by atoms with Crippen molar-refractivity contribution in [1.29, 1.82) is 0 Å². The predicted molar refractivity (Wildman–Crippen MR) is 52.9 cm³/mol. The van der Waals surface area contributed by atoms with E-state index in [2.05, 4.69) is 0 Å². The third-order valence-electron chi connectivity index (χ3n) is 1.49. The molecule has 2 heteroatoms. The van der Waals surface area contributed by atoms with Gasteiger partial charge >= 0.3 is 0 Å². The van der Waals surface area contributed by atoms with Crippen LogP contribution in [-0.2, 0) is 11.2 Å². The van der Waals surface area contributed by atoms with Crippen LogP contribution in [0, 0.1) is 0 Å². The summed E-state index contributed by atoms with van der Waals surface area (Å²) < 4.78 is 0. The molecule has 0 amide bonds. The molecule has 0 unspecified atom stereocenters. The Morgan fingerprint density at radius 1 is 1.15 bits per heavy atom. The van der Waals surface area contributed by atoms with Gasteiger partial charge in [0.2, 0.25) is 0 Å². The SMILES string of the molecule is CC.O=CCc1ccccc1C=O. The zero-order valence-electron chi connectivity index (χ0n) is 7.99. The molecular weight excluding hydrogens is 164 g/mol. The van der Waals surface area contributed by atoms with E-state index >= 15 is 0 Å². The van der Waals surface area contributed by atoms with Gasteiger partial charge in [0.25, 0.3) is 0 Å². The molecule has 0 radical (unpaired) electrons. The lowest BCUT2D eigenvalue weighted by Gasteiger charge is -1.96. The average molecular weight is 178 g/mol. The van der Waals surface area contributed by atoms with Crippen molar-refractivity contribution in [2.75, 3.05) is 0 Å². The van der Waals surface area contributed by atoms with Gasteiger partial charge in [0.1, 0.15) is 12.6 Å².